The topological polar surface area (TPSA) is 84.2 Å². The second-order valence-corrected chi connectivity index (χ2v) is 4.66. The van der Waals surface area contributed by atoms with E-state index in [4.69, 9.17) is 0 Å². The molecule has 1 aliphatic rings. The molecule has 1 saturated heterocycles. The van der Waals surface area contributed by atoms with Gasteiger partial charge in [-0.05, 0) is 12.8 Å². The van der Waals surface area contributed by atoms with E-state index in [-0.39, 0.29) is 11.5 Å². The highest BCUT2D eigenvalue weighted by molar-refractivity contribution is 5.70. The first-order valence-corrected chi connectivity index (χ1v) is 6.66. The zero-order valence-electron chi connectivity index (χ0n) is 11.1. The summed E-state index contributed by atoms with van der Waals surface area (Å²) in [7, 11) is 1.63. The van der Waals surface area contributed by atoms with Gasteiger partial charge in [0.15, 0.2) is 0 Å². The highest BCUT2D eigenvalue weighted by Gasteiger charge is 2.26. The zero-order chi connectivity index (χ0) is 13.7. The molecule has 1 aromatic heterocycles. The second-order valence-electron chi connectivity index (χ2n) is 4.66. The van der Waals surface area contributed by atoms with Gasteiger partial charge >= 0.3 is 5.69 Å². The van der Waals surface area contributed by atoms with Gasteiger partial charge in [-0.3, -0.25) is 10.1 Å². The van der Waals surface area contributed by atoms with Crippen LogP contribution in [0.15, 0.2) is 6.33 Å². The second kappa shape index (κ2) is 6.31. The number of nitrogens with zero attached hydrogens (tertiary/aromatic N) is 4. The van der Waals surface area contributed by atoms with E-state index >= 15 is 0 Å². The van der Waals surface area contributed by atoms with Gasteiger partial charge in [0.2, 0.25) is 11.6 Å². The smallest absolute Gasteiger partial charge is 0.353 e. The molecule has 0 saturated carbocycles. The van der Waals surface area contributed by atoms with Crippen LogP contribution in [0.25, 0.3) is 0 Å². The Balaban J connectivity index is 2.33. The van der Waals surface area contributed by atoms with Crippen molar-refractivity contribution < 1.29 is 4.92 Å². The number of hydrogen-bond donors (Lipinski definition) is 1. The summed E-state index contributed by atoms with van der Waals surface area (Å²) in [5, 5.41) is 14.0. The Labute approximate surface area is 112 Å². The lowest BCUT2D eigenvalue weighted by molar-refractivity contribution is -0.383. The minimum absolute atomic E-state index is 0.0226. The number of hydrogen-bond acceptors (Lipinski definition) is 6. The van der Waals surface area contributed by atoms with Crippen LogP contribution in [0.2, 0.25) is 0 Å². The number of rotatable bonds is 3. The predicted molar refractivity (Wildman–Crippen MR) is 73.5 cm³/mol. The highest BCUT2D eigenvalue weighted by Crippen LogP contribution is 2.32. The van der Waals surface area contributed by atoms with Crippen LogP contribution < -0.4 is 10.2 Å². The Morgan fingerprint density at radius 1 is 1.21 bits per heavy atom. The number of nitro groups is 1. The van der Waals surface area contributed by atoms with Crippen LogP contribution in [-0.4, -0.2) is 35.0 Å². The van der Waals surface area contributed by atoms with E-state index in [2.05, 4.69) is 15.3 Å². The van der Waals surface area contributed by atoms with Gasteiger partial charge in [0, 0.05) is 20.1 Å². The fraction of sp³-hybridized carbons (Fsp3) is 0.667. The molecule has 0 bridgehead atoms. The first-order valence-electron chi connectivity index (χ1n) is 6.66. The molecule has 2 rings (SSSR count). The van der Waals surface area contributed by atoms with E-state index in [9.17, 15) is 10.1 Å². The zero-order valence-corrected chi connectivity index (χ0v) is 11.1. The first kappa shape index (κ1) is 13.5. The lowest BCUT2D eigenvalue weighted by atomic mass is 10.1. The van der Waals surface area contributed by atoms with Gasteiger partial charge in [0.1, 0.15) is 6.33 Å². The predicted octanol–water partition coefficient (Wildman–Crippen LogP) is 2.20. The fourth-order valence-electron chi connectivity index (χ4n) is 2.41. The lowest BCUT2D eigenvalue weighted by Crippen LogP contribution is -2.29. The molecule has 0 atom stereocenters. The Morgan fingerprint density at radius 3 is 2.42 bits per heavy atom. The molecule has 2 heterocycles. The molecule has 0 amide bonds. The summed E-state index contributed by atoms with van der Waals surface area (Å²) in [5.74, 6) is 0.711. The molecular formula is C12H19N5O2. The SMILES string of the molecule is CNc1ncnc(N2CCCCCCC2)c1[N+](=O)[O-]. The van der Waals surface area contributed by atoms with Crippen molar-refractivity contribution in [1.29, 1.82) is 0 Å². The quantitative estimate of drug-likeness (QED) is 0.666. The Bertz CT molecular complexity index is 444. The molecule has 7 heteroatoms. The van der Waals surface area contributed by atoms with Crippen molar-refractivity contribution in [2.75, 3.05) is 30.4 Å². The Hall–Kier alpha value is -1.92. The molecule has 1 aliphatic heterocycles. The highest BCUT2D eigenvalue weighted by atomic mass is 16.6. The van der Waals surface area contributed by atoms with Gasteiger partial charge in [0.05, 0.1) is 4.92 Å². The van der Waals surface area contributed by atoms with Crippen molar-refractivity contribution in [3.63, 3.8) is 0 Å². The van der Waals surface area contributed by atoms with Crippen molar-refractivity contribution in [2.45, 2.75) is 32.1 Å². The summed E-state index contributed by atoms with van der Waals surface area (Å²) in [5.41, 5.74) is -0.0226. The molecule has 1 fully saturated rings. The lowest BCUT2D eigenvalue weighted by Gasteiger charge is -2.25. The molecule has 0 aromatic carbocycles. The summed E-state index contributed by atoms with van der Waals surface area (Å²) in [6, 6.07) is 0. The van der Waals surface area contributed by atoms with Crippen molar-refractivity contribution in [3.05, 3.63) is 16.4 Å². The van der Waals surface area contributed by atoms with Gasteiger partial charge in [-0.15, -0.1) is 0 Å². The number of aromatic nitrogens is 2. The standard InChI is InChI=1S/C12H19N5O2/c1-13-11-10(17(18)19)12(15-9-14-11)16-7-5-3-2-4-6-8-16/h9H,2-8H2,1H3,(H,13,14,15). The van der Waals surface area contributed by atoms with Crippen LogP contribution in [0.3, 0.4) is 0 Å². The molecule has 7 nitrogen and oxygen atoms in total. The summed E-state index contributed by atoms with van der Waals surface area (Å²) < 4.78 is 0. The number of nitrogens with one attached hydrogen (secondary N) is 1. The van der Waals surface area contributed by atoms with Crippen LogP contribution in [0.1, 0.15) is 32.1 Å². The number of anilines is 2. The molecular weight excluding hydrogens is 246 g/mol. The molecule has 19 heavy (non-hydrogen) atoms. The normalized spacial score (nSPS) is 16.6. The molecule has 104 valence electrons. The third-order valence-corrected chi connectivity index (χ3v) is 3.38. The van der Waals surface area contributed by atoms with E-state index in [0.717, 1.165) is 25.9 Å². The van der Waals surface area contributed by atoms with Gasteiger partial charge in [-0.2, -0.15) is 0 Å². The van der Waals surface area contributed by atoms with E-state index in [1.807, 2.05) is 4.90 Å². The molecule has 0 unspecified atom stereocenters. The maximum Gasteiger partial charge on any atom is 0.353 e. The minimum atomic E-state index is -0.403. The van der Waals surface area contributed by atoms with Crippen LogP contribution in [0, 0.1) is 10.1 Å². The van der Waals surface area contributed by atoms with E-state index in [1.165, 1.54) is 25.6 Å². The van der Waals surface area contributed by atoms with E-state index in [0.29, 0.717) is 5.82 Å². The van der Waals surface area contributed by atoms with Crippen LogP contribution in [0.5, 0.6) is 0 Å². The third kappa shape index (κ3) is 3.10. The van der Waals surface area contributed by atoms with Gasteiger partial charge < -0.3 is 10.2 Å². The van der Waals surface area contributed by atoms with Crippen LogP contribution >= 0.6 is 0 Å². The van der Waals surface area contributed by atoms with Gasteiger partial charge in [-0.25, -0.2) is 9.97 Å². The third-order valence-electron chi connectivity index (χ3n) is 3.38. The minimum Gasteiger partial charge on any atom is -0.367 e. The average molecular weight is 265 g/mol. The maximum atomic E-state index is 11.3. The molecule has 1 aromatic rings. The van der Waals surface area contributed by atoms with Crippen LogP contribution in [-0.2, 0) is 0 Å². The molecule has 1 N–H and O–H groups in total. The molecule has 0 radical (unpaired) electrons. The van der Waals surface area contributed by atoms with Crippen molar-refractivity contribution in [3.8, 4) is 0 Å². The van der Waals surface area contributed by atoms with Gasteiger partial charge in [-0.1, -0.05) is 19.3 Å². The van der Waals surface area contributed by atoms with Crippen molar-refractivity contribution >= 4 is 17.3 Å². The van der Waals surface area contributed by atoms with Crippen molar-refractivity contribution in [1.82, 2.24) is 9.97 Å². The van der Waals surface area contributed by atoms with Gasteiger partial charge in [0.25, 0.3) is 0 Å². The fourth-order valence-corrected chi connectivity index (χ4v) is 2.41. The van der Waals surface area contributed by atoms with E-state index in [1.54, 1.807) is 7.05 Å². The first-order chi connectivity index (χ1) is 9.24. The summed E-state index contributed by atoms with van der Waals surface area (Å²) in [6.07, 6.45) is 7.09. The molecule has 0 aliphatic carbocycles. The van der Waals surface area contributed by atoms with Crippen molar-refractivity contribution in [2.24, 2.45) is 0 Å². The maximum absolute atomic E-state index is 11.3. The average Bonchev–Trinajstić information content (AvgIpc) is 2.37. The summed E-state index contributed by atoms with van der Waals surface area (Å²) in [4.78, 5) is 20.9. The Morgan fingerprint density at radius 2 is 1.84 bits per heavy atom. The largest absolute Gasteiger partial charge is 0.367 e. The Kier molecular flexibility index (Phi) is 4.48. The monoisotopic (exact) mass is 265 g/mol. The van der Waals surface area contributed by atoms with E-state index < -0.39 is 4.92 Å². The summed E-state index contributed by atoms with van der Waals surface area (Å²) in [6.45, 7) is 1.64. The summed E-state index contributed by atoms with van der Waals surface area (Å²) >= 11 is 0. The molecule has 0 spiro atoms. The van der Waals surface area contributed by atoms with Crippen LogP contribution in [0.4, 0.5) is 17.3 Å².